The highest BCUT2D eigenvalue weighted by Crippen LogP contribution is 2.57. The first-order valence-electron chi connectivity index (χ1n) is 10.1. The van der Waals surface area contributed by atoms with Gasteiger partial charge in [-0.25, -0.2) is 19.3 Å². The third-order valence-corrected chi connectivity index (χ3v) is 7.87. The maximum Gasteiger partial charge on any atom is 0.327 e. The highest BCUT2D eigenvalue weighted by molar-refractivity contribution is 8.07. The van der Waals surface area contributed by atoms with Gasteiger partial charge in [0.15, 0.2) is 17.7 Å². The van der Waals surface area contributed by atoms with Crippen LogP contribution in [0.1, 0.15) is 24.3 Å². The molecule has 2 aliphatic rings. The molecule has 0 bridgehead atoms. The SMILES string of the molecule is Nc1ncnc2c1ncn2[C@@H]1O[C@H](COP2(=S)OCCC(c3cccc(F)c3)O2)[C@@H](O)[C@H]1O. The molecule has 0 radical (unpaired) electrons. The van der Waals surface area contributed by atoms with Crippen LogP contribution in [0.3, 0.4) is 0 Å². The van der Waals surface area contributed by atoms with Crippen LogP contribution in [0.25, 0.3) is 11.2 Å². The van der Waals surface area contributed by atoms with Gasteiger partial charge in [-0.05, 0) is 29.5 Å². The Morgan fingerprint density at radius 1 is 1.27 bits per heavy atom. The average molecular weight is 497 g/mol. The number of fused-ring (bicyclic) bond motifs is 1. The van der Waals surface area contributed by atoms with Crippen molar-refractivity contribution in [2.24, 2.45) is 0 Å². The lowest BCUT2D eigenvalue weighted by Gasteiger charge is -2.32. The fourth-order valence-corrected chi connectivity index (χ4v) is 5.94. The van der Waals surface area contributed by atoms with E-state index >= 15 is 0 Å². The average Bonchev–Trinajstić information content (AvgIpc) is 3.35. The van der Waals surface area contributed by atoms with E-state index < -0.39 is 37.4 Å². The fourth-order valence-electron chi connectivity index (χ4n) is 3.83. The molecule has 3 aromatic rings. The molecule has 11 nitrogen and oxygen atoms in total. The quantitative estimate of drug-likeness (QED) is 0.442. The highest BCUT2D eigenvalue weighted by atomic mass is 32.5. The lowest BCUT2D eigenvalue weighted by atomic mass is 10.1. The smallest absolute Gasteiger partial charge is 0.327 e. The number of halogens is 1. The number of rotatable bonds is 5. The van der Waals surface area contributed by atoms with E-state index in [-0.39, 0.29) is 24.8 Å². The molecule has 2 aliphatic heterocycles. The summed E-state index contributed by atoms with van der Waals surface area (Å²) < 4.78 is 38.1. The summed E-state index contributed by atoms with van der Waals surface area (Å²) in [6.45, 7) is -3.10. The van der Waals surface area contributed by atoms with Crippen molar-refractivity contribution >= 4 is 35.5 Å². The summed E-state index contributed by atoms with van der Waals surface area (Å²) in [5.74, 6) is -0.192. The number of nitrogens with zero attached hydrogens (tertiary/aromatic N) is 4. The van der Waals surface area contributed by atoms with Crippen molar-refractivity contribution in [3.63, 3.8) is 0 Å². The molecule has 14 heteroatoms. The Morgan fingerprint density at radius 2 is 2.12 bits per heavy atom. The van der Waals surface area contributed by atoms with Crippen LogP contribution in [0, 0.1) is 5.82 Å². The molecule has 0 spiro atoms. The topological polar surface area (TPSA) is 147 Å². The molecule has 2 fully saturated rings. The molecule has 6 atom stereocenters. The minimum absolute atomic E-state index is 0.184. The van der Waals surface area contributed by atoms with Crippen LogP contribution >= 0.6 is 6.72 Å². The first kappa shape index (κ1) is 22.7. The molecule has 2 saturated heterocycles. The normalized spacial score (nSPS) is 32.4. The second kappa shape index (κ2) is 8.93. The predicted molar refractivity (Wildman–Crippen MR) is 117 cm³/mol. The van der Waals surface area contributed by atoms with Crippen LogP contribution in [0.4, 0.5) is 10.2 Å². The Hall–Kier alpha value is -2.09. The van der Waals surface area contributed by atoms with E-state index in [4.69, 9.17) is 35.8 Å². The molecular formula is C19H21FN5O6PS. The third-order valence-electron chi connectivity index (χ3n) is 5.50. The van der Waals surface area contributed by atoms with E-state index in [0.717, 1.165) is 0 Å². The Bertz CT molecular complexity index is 1220. The summed E-state index contributed by atoms with van der Waals surface area (Å²) in [6, 6.07) is 6.07. The minimum Gasteiger partial charge on any atom is -0.387 e. The van der Waals surface area contributed by atoms with Gasteiger partial charge in [0, 0.05) is 6.42 Å². The molecule has 1 aromatic carbocycles. The van der Waals surface area contributed by atoms with Crippen molar-refractivity contribution in [1.82, 2.24) is 19.5 Å². The molecule has 2 unspecified atom stereocenters. The first-order chi connectivity index (χ1) is 15.8. The van der Waals surface area contributed by atoms with E-state index in [1.807, 2.05) is 0 Å². The maximum absolute atomic E-state index is 13.6. The Kier molecular flexibility index (Phi) is 6.14. The van der Waals surface area contributed by atoms with Gasteiger partial charge in [0.1, 0.15) is 36.0 Å². The first-order valence-corrected chi connectivity index (χ1v) is 12.7. The summed E-state index contributed by atoms with van der Waals surface area (Å²) in [5, 5.41) is 21.1. The second-order valence-corrected chi connectivity index (χ2v) is 10.6. The van der Waals surface area contributed by atoms with Crippen molar-refractivity contribution in [3.05, 3.63) is 48.3 Å². The third kappa shape index (κ3) is 4.38. The Labute approximate surface area is 192 Å². The van der Waals surface area contributed by atoms with E-state index in [1.54, 1.807) is 12.1 Å². The van der Waals surface area contributed by atoms with Gasteiger partial charge >= 0.3 is 6.72 Å². The molecule has 176 valence electrons. The van der Waals surface area contributed by atoms with Crippen LogP contribution in [0.5, 0.6) is 0 Å². The number of benzene rings is 1. The lowest BCUT2D eigenvalue weighted by Crippen LogP contribution is -2.34. The fraction of sp³-hybridized carbons (Fsp3) is 0.421. The van der Waals surface area contributed by atoms with E-state index in [0.29, 0.717) is 23.1 Å². The molecular weight excluding hydrogens is 476 g/mol. The standard InChI is InChI=1S/C19H21FN5O6PS/c20-11-3-1-2-10(6-11)12-4-5-28-32(33,31-12)29-7-13-15(26)16(27)19(30-13)25-9-24-14-17(21)22-8-23-18(14)25/h1-3,6,8-9,12-13,15-16,19,26-27H,4-5,7H2,(H2,21,22,23)/t12?,13-,15-,16-,19-,32?/m1/s1. The van der Waals surface area contributed by atoms with Gasteiger partial charge in [-0.1, -0.05) is 12.1 Å². The Morgan fingerprint density at radius 3 is 2.94 bits per heavy atom. The number of nitrogens with two attached hydrogens (primary N) is 1. The zero-order valence-corrected chi connectivity index (χ0v) is 18.8. The van der Waals surface area contributed by atoms with Gasteiger partial charge in [0.25, 0.3) is 0 Å². The van der Waals surface area contributed by atoms with Crippen molar-refractivity contribution in [3.8, 4) is 0 Å². The number of aliphatic hydroxyl groups excluding tert-OH is 2. The van der Waals surface area contributed by atoms with E-state index in [9.17, 15) is 14.6 Å². The summed E-state index contributed by atoms with van der Waals surface area (Å²) >= 11 is 5.46. The second-order valence-electron chi connectivity index (χ2n) is 7.64. The van der Waals surface area contributed by atoms with Crippen LogP contribution in [0.2, 0.25) is 0 Å². The van der Waals surface area contributed by atoms with Crippen LogP contribution < -0.4 is 5.73 Å². The van der Waals surface area contributed by atoms with Crippen LogP contribution in [-0.4, -0.2) is 61.3 Å². The number of aliphatic hydroxyl groups is 2. The van der Waals surface area contributed by atoms with Gasteiger partial charge in [-0.3, -0.25) is 4.57 Å². The number of nitrogen functional groups attached to an aromatic ring is 1. The maximum atomic E-state index is 13.6. The van der Waals surface area contributed by atoms with Gasteiger partial charge in [-0.15, -0.1) is 0 Å². The molecule has 5 rings (SSSR count). The largest absolute Gasteiger partial charge is 0.387 e. The van der Waals surface area contributed by atoms with Gasteiger partial charge < -0.3 is 34.3 Å². The molecule has 0 saturated carbocycles. The van der Waals surface area contributed by atoms with Crippen LogP contribution in [0.15, 0.2) is 36.9 Å². The zero-order chi connectivity index (χ0) is 23.2. The zero-order valence-electron chi connectivity index (χ0n) is 17.1. The van der Waals surface area contributed by atoms with Gasteiger partial charge in [-0.2, -0.15) is 0 Å². The number of anilines is 1. The van der Waals surface area contributed by atoms with Crippen molar-refractivity contribution in [1.29, 1.82) is 0 Å². The van der Waals surface area contributed by atoms with Crippen molar-refractivity contribution < 1.29 is 32.9 Å². The van der Waals surface area contributed by atoms with E-state index in [2.05, 4.69) is 15.0 Å². The minimum atomic E-state index is -3.19. The number of hydrogen-bond acceptors (Lipinski definition) is 11. The summed E-state index contributed by atoms with van der Waals surface area (Å²) in [5.41, 5.74) is 7.15. The summed E-state index contributed by atoms with van der Waals surface area (Å²) in [4.78, 5) is 12.2. The van der Waals surface area contributed by atoms with Gasteiger partial charge in [0.2, 0.25) is 0 Å². The summed E-state index contributed by atoms with van der Waals surface area (Å²) in [6.07, 6.45) is -1.80. The monoisotopic (exact) mass is 497 g/mol. The molecule has 0 amide bonds. The van der Waals surface area contributed by atoms with Crippen molar-refractivity contribution in [2.75, 3.05) is 18.9 Å². The number of aromatic nitrogens is 4. The van der Waals surface area contributed by atoms with Crippen molar-refractivity contribution in [2.45, 2.75) is 37.1 Å². The number of hydrogen-bond donors (Lipinski definition) is 3. The van der Waals surface area contributed by atoms with E-state index in [1.165, 1.54) is 29.4 Å². The molecule has 4 N–H and O–H groups in total. The Balaban J connectivity index is 1.27. The number of imidazole rings is 1. The molecule has 4 heterocycles. The van der Waals surface area contributed by atoms with Crippen LogP contribution in [-0.2, 0) is 30.1 Å². The molecule has 2 aromatic heterocycles. The summed E-state index contributed by atoms with van der Waals surface area (Å²) in [7, 11) is 0. The predicted octanol–water partition coefficient (Wildman–Crippen LogP) is 1.59. The van der Waals surface area contributed by atoms with Gasteiger partial charge in [0.05, 0.1) is 25.6 Å². The lowest BCUT2D eigenvalue weighted by molar-refractivity contribution is -0.0533. The molecule has 0 aliphatic carbocycles. The molecule has 33 heavy (non-hydrogen) atoms. The highest BCUT2D eigenvalue weighted by Gasteiger charge is 2.45. The number of ether oxygens (including phenoxy) is 1.